The van der Waals surface area contributed by atoms with Crippen LogP contribution in [-0.2, 0) is 0 Å². The van der Waals surface area contributed by atoms with E-state index in [1.807, 2.05) is 55.5 Å². The van der Waals surface area contributed by atoms with E-state index in [2.05, 4.69) is 15.3 Å². The van der Waals surface area contributed by atoms with Gasteiger partial charge in [0.2, 0.25) is 0 Å². The summed E-state index contributed by atoms with van der Waals surface area (Å²) in [6.45, 7) is 2.04. The monoisotopic (exact) mass is 276 g/mol. The summed E-state index contributed by atoms with van der Waals surface area (Å²) < 4.78 is 1.32. The molecule has 2 aromatic heterocycles. The highest BCUT2D eigenvalue weighted by atomic mass is 16.2. The van der Waals surface area contributed by atoms with Gasteiger partial charge >= 0.3 is 5.69 Å². The second kappa shape index (κ2) is 4.28. The molecular weight excluding hydrogens is 264 g/mol. The van der Waals surface area contributed by atoms with Gasteiger partial charge in [-0.1, -0.05) is 54.1 Å². The molecule has 0 saturated carbocycles. The SMILES string of the molecule is Cc1ccc(-c2nn3c(=O)[nH]nc3c3ccccc23)cc1. The highest BCUT2D eigenvalue weighted by Crippen LogP contribution is 2.27. The van der Waals surface area contributed by atoms with Gasteiger partial charge < -0.3 is 0 Å². The number of aromatic amines is 1. The highest BCUT2D eigenvalue weighted by molar-refractivity contribution is 6.01. The van der Waals surface area contributed by atoms with Crippen LogP contribution >= 0.6 is 0 Å². The lowest BCUT2D eigenvalue weighted by atomic mass is 10.0. The maximum atomic E-state index is 11.8. The summed E-state index contributed by atoms with van der Waals surface area (Å²) in [7, 11) is 0. The molecule has 0 aliphatic carbocycles. The van der Waals surface area contributed by atoms with E-state index < -0.39 is 0 Å². The molecule has 0 bridgehead atoms. The number of aryl methyl sites for hydroxylation is 1. The first kappa shape index (κ1) is 11.8. The second-order valence-electron chi connectivity index (χ2n) is 5.02. The summed E-state index contributed by atoms with van der Waals surface area (Å²) in [4.78, 5) is 11.8. The number of benzene rings is 2. The van der Waals surface area contributed by atoms with E-state index in [4.69, 9.17) is 0 Å². The Bertz CT molecular complexity index is 1010. The van der Waals surface area contributed by atoms with Gasteiger partial charge in [0.1, 0.15) is 0 Å². The first-order chi connectivity index (χ1) is 10.2. The molecule has 0 aliphatic heterocycles. The predicted molar refractivity (Wildman–Crippen MR) is 81.3 cm³/mol. The summed E-state index contributed by atoms with van der Waals surface area (Å²) in [5, 5.41) is 12.9. The lowest BCUT2D eigenvalue weighted by molar-refractivity contribution is 0.891. The van der Waals surface area contributed by atoms with E-state index in [1.54, 1.807) is 0 Å². The van der Waals surface area contributed by atoms with Gasteiger partial charge in [0, 0.05) is 16.3 Å². The van der Waals surface area contributed by atoms with Crippen molar-refractivity contribution in [3.63, 3.8) is 0 Å². The summed E-state index contributed by atoms with van der Waals surface area (Å²) in [6.07, 6.45) is 0. The topological polar surface area (TPSA) is 63.1 Å². The van der Waals surface area contributed by atoms with Crippen molar-refractivity contribution in [3.8, 4) is 11.3 Å². The van der Waals surface area contributed by atoms with Gasteiger partial charge in [-0.25, -0.2) is 9.89 Å². The number of H-pyrrole nitrogens is 1. The van der Waals surface area contributed by atoms with Crippen molar-refractivity contribution >= 4 is 16.4 Å². The van der Waals surface area contributed by atoms with Crippen LogP contribution in [0.15, 0.2) is 53.3 Å². The van der Waals surface area contributed by atoms with Gasteiger partial charge in [-0.15, -0.1) is 0 Å². The fourth-order valence-corrected chi connectivity index (χ4v) is 2.52. The molecule has 5 nitrogen and oxygen atoms in total. The summed E-state index contributed by atoms with van der Waals surface area (Å²) in [5.74, 6) is 0. The Morgan fingerprint density at radius 2 is 1.71 bits per heavy atom. The van der Waals surface area contributed by atoms with Gasteiger partial charge in [0.05, 0.1) is 5.69 Å². The number of hydrogen-bond donors (Lipinski definition) is 1. The predicted octanol–water partition coefficient (Wildman–Crippen LogP) is 2.55. The first-order valence-electron chi connectivity index (χ1n) is 6.67. The number of nitrogens with one attached hydrogen (secondary N) is 1. The minimum Gasteiger partial charge on any atom is -0.244 e. The van der Waals surface area contributed by atoms with Crippen molar-refractivity contribution in [2.45, 2.75) is 6.92 Å². The molecule has 0 fully saturated rings. The summed E-state index contributed by atoms with van der Waals surface area (Å²) in [5.41, 5.74) is 3.16. The molecule has 0 unspecified atom stereocenters. The number of fused-ring (bicyclic) bond motifs is 3. The van der Waals surface area contributed by atoms with Crippen LogP contribution in [-0.4, -0.2) is 19.8 Å². The maximum Gasteiger partial charge on any atom is 0.364 e. The smallest absolute Gasteiger partial charge is 0.244 e. The molecule has 102 valence electrons. The zero-order valence-corrected chi connectivity index (χ0v) is 11.4. The number of rotatable bonds is 1. The van der Waals surface area contributed by atoms with Crippen LogP contribution in [0.5, 0.6) is 0 Å². The Morgan fingerprint density at radius 3 is 2.48 bits per heavy atom. The Balaban J connectivity index is 2.17. The van der Waals surface area contributed by atoms with E-state index >= 15 is 0 Å². The van der Waals surface area contributed by atoms with Crippen molar-refractivity contribution in [3.05, 3.63) is 64.6 Å². The molecule has 0 amide bonds. The molecule has 2 aromatic carbocycles. The molecule has 0 saturated heterocycles. The van der Waals surface area contributed by atoms with E-state index in [0.29, 0.717) is 5.65 Å². The molecule has 1 N–H and O–H groups in total. The molecule has 4 rings (SSSR count). The van der Waals surface area contributed by atoms with Crippen molar-refractivity contribution < 1.29 is 0 Å². The largest absolute Gasteiger partial charge is 0.364 e. The van der Waals surface area contributed by atoms with Crippen LogP contribution in [0.1, 0.15) is 5.56 Å². The minimum absolute atomic E-state index is 0.330. The fourth-order valence-electron chi connectivity index (χ4n) is 2.52. The fraction of sp³-hybridized carbons (Fsp3) is 0.0625. The van der Waals surface area contributed by atoms with Crippen LogP contribution in [0, 0.1) is 6.92 Å². The van der Waals surface area contributed by atoms with Crippen LogP contribution < -0.4 is 5.69 Å². The summed E-state index contributed by atoms with van der Waals surface area (Å²) >= 11 is 0. The molecule has 2 heterocycles. The van der Waals surface area contributed by atoms with Gasteiger partial charge in [0.15, 0.2) is 5.65 Å². The number of nitrogens with zero attached hydrogens (tertiary/aromatic N) is 3. The first-order valence-corrected chi connectivity index (χ1v) is 6.67. The normalized spacial score (nSPS) is 11.3. The van der Waals surface area contributed by atoms with Gasteiger partial charge in [-0.3, -0.25) is 0 Å². The minimum atomic E-state index is -0.330. The molecule has 4 aromatic rings. The molecule has 0 atom stereocenters. The summed E-state index contributed by atoms with van der Waals surface area (Å²) in [6, 6.07) is 15.9. The van der Waals surface area contributed by atoms with Crippen LogP contribution in [0.25, 0.3) is 27.7 Å². The zero-order valence-electron chi connectivity index (χ0n) is 11.4. The Morgan fingerprint density at radius 1 is 1.00 bits per heavy atom. The molecular formula is C16H12N4O. The van der Waals surface area contributed by atoms with E-state index in [-0.39, 0.29) is 5.69 Å². The molecule has 0 spiro atoms. The Hall–Kier alpha value is -2.95. The van der Waals surface area contributed by atoms with Crippen LogP contribution in [0.2, 0.25) is 0 Å². The van der Waals surface area contributed by atoms with Gasteiger partial charge in [0.25, 0.3) is 0 Å². The number of aromatic nitrogens is 4. The quantitative estimate of drug-likeness (QED) is 0.581. The van der Waals surface area contributed by atoms with E-state index in [0.717, 1.165) is 22.0 Å². The van der Waals surface area contributed by atoms with Gasteiger partial charge in [-0.2, -0.15) is 14.7 Å². The van der Waals surface area contributed by atoms with Crippen molar-refractivity contribution in [1.29, 1.82) is 0 Å². The second-order valence-corrected chi connectivity index (χ2v) is 5.02. The Kier molecular flexibility index (Phi) is 2.41. The zero-order chi connectivity index (χ0) is 14.4. The average molecular weight is 276 g/mol. The molecule has 21 heavy (non-hydrogen) atoms. The third-order valence-electron chi connectivity index (χ3n) is 3.60. The standard InChI is InChI=1S/C16H12N4O/c1-10-6-8-11(9-7-10)14-12-4-2-3-5-13(12)15-17-18-16(21)20(15)19-14/h2-9H,1H3,(H,18,21). The Labute approximate surface area is 119 Å². The van der Waals surface area contributed by atoms with Crippen molar-refractivity contribution in [2.24, 2.45) is 0 Å². The molecule has 5 heteroatoms. The average Bonchev–Trinajstić information content (AvgIpc) is 2.89. The lowest BCUT2D eigenvalue weighted by Crippen LogP contribution is -2.13. The van der Waals surface area contributed by atoms with E-state index in [9.17, 15) is 4.79 Å². The highest BCUT2D eigenvalue weighted by Gasteiger charge is 2.12. The molecule has 0 aliphatic rings. The number of hydrogen-bond acceptors (Lipinski definition) is 3. The lowest BCUT2D eigenvalue weighted by Gasteiger charge is -2.07. The third kappa shape index (κ3) is 1.74. The van der Waals surface area contributed by atoms with Crippen LogP contribution in [0.3, 0.4) is 0 Å². The third-order valence-corrected chi connectivity index (χ3v) is 3.60. The van der Waals surface area contributed by atoms with Crippen LogP contribution in [0.4, 0.5) is 0 Å². The molecule has 0 radical (unpaired) electrons. The van der Waals surface area contributed by atoms with Crippen molar-refractivity contribution in [2.75, 3.05) is 0 Å². The maximum absolute atomic E-state index is 11.8. The van der Waals surface area contributed by atoms with E-state index in [1.165, 1.54) is 10.1 Å². The van der Waals surface area contributed by atoms with Crippen molar-refractivity contribution in [1.82, 2.24) is 19.8 Å². The van der Waals surface area contributed by atoms with Gasteiger partial charge in [-0.05, 0) is 6.92 Å².